The minimum Gasteiger partial charge on any atom is -0.493 e. The lowest BCUT2D eigenvalue weighted by Gasteiger charge is -2.13. The second-order valence-corrected chi connectivity index (χ2v) is 6.28. The number of anilines is 2. The minimum absolute atomic E-state index is 0.0745. The molecule has 0 radical (unpaired) electrons. The average Bonchev–Trinajstić information content (AvgIpc) is 3.11. The summed E-state index contributed by atoms with van der Waals surface area (Å²) < 4.78 is 8.20. The molecule has 3 heterocycles. The van der Waals surface area contributed by atoms with Crippen LogP contribution in [0, 0.1) is 0 Å². The maximum absolute atomic E-state index is 12.8. The zero-order chi connectivity index (χ0) is 19.8. The molecule has 28 heavy (non-hydrogen) atoms. The minimum atomic E-state index is -0.461. The molecule has 0 aliphatic rings. The van der Waals surface area contributed by atoms with Crippen LogP contribution in [0.5, 0.6) is 5.75 Å². The molecule has 0 spiro atoms. The molecular weight excluding hydrogens is 360 g/mol. The van der Waals surface area contributed by atoms with Crippen molar-refractivity contribution < 1.29 is 14.6 Å². The highest BCUT2D eigenvalue weighted by Crippen LogP contribution is 2.25. The van der Waals surface area contributed by atoms with Crippen LogP contribution in [-0.4, -0.2) is 32.1 Å². The van der Waals surface area contributed by atoms with Crippen LogP contribution in [0.4, 0.5) is 11.5 Å². The molecule has 0 atom stereocenters. The van der Waals surface area contributed by atoms with Crippen molar-refractivity contribution in [3.63, 3.8) is 0 Å². The number of hydrogen-bond acceptors (Lipinski definition) is 6. The topological polar surface area (TPSA) is 97.9 Å². The highest BCUT2D eigenvalue weighted by molar-refractivity contribution is 5.93. The number of aliphatic hydroxyl groups is 1. The van der Waals surface area contributed by atoms with Gasteiger partial charge in [-0.05, 0) is 36.4 Å². The van der Waals surface area contributed by atoms with Crippen molar-refractivity contribution in [2.75, 3.05) is 12.4 Å². The number of nitrogens with zero attached hydrogens (tertiary/aromatic N) is 3. The molecule has 8 heteroatoms. The third-order valence-corrected chi connectivity index (χ3v) is 4.58. The van der Waals surface area contributed by atoms with Gasteiger partial charge in [-0.3, -0.25) is 18.6 Å². The van der Waals surface area contributed by atoms with Gasteiger partial charge in [-0.1, -0.05) is 0 Å². The van der Waals surface area contributed by atoms with E-state index in [0.29, 0.717) is 17.1 Å². The van der Waals surface area contributed by atoms with Crippen LogP contribution >= 0.6 is 0 Å². The first-order valence-corrected chi connectivity index (χ1v) is 8.61. The number of aliphatic hydroxyl groups excluding tert-OH is 1. The van der Waals surface area contributed by atoms with Gasteiger partial charge in [0.1, 0.15) is 5.82 Å². The number of fused-ring (bicyclic) bond motifs is 2. The van der Waals surface area contributed by atoms with Crippen molar-refractivity contribution in [2.24, 2.45) is 0 Å². The van der Waals surface area contributed by atoms with Crippen molar-refractivity contribution >= 4 is 34.0 Å². The summed E-state index contributed by atoms with van der Waals surface area (Å²) in [5, 5.41) is 13.7. The van der Waals surface area contributed by atoms with E-state index in [1.807, 2.05) is 18.2 Å². The molecule has 0 unspecified atom stereocenters. The number of aromatic nitrogens is 3. The van der Waals surface area contributed by atoms with Crippen LogP contribution < -0.4 is 15.6 Å². The fourth-order valence-corrected chi connectivity index (χ4v) is 3.21. The second kappa shape index (κ2) is 6.82. The normalized spacial score (nSPS) is 11.1. The summed E-state index contributed by atoms with van der Waals surface area (Å²) in [5.41, 5.74) is 1.58. The molecule has 0 amide bonds. The summed E-state index contributed by atoms with van der Waals surface area (Å²) in [6.07, 6.45) is 3.29. The van der Waals surface area contributed by atoms with Crippen LogP contribution in [0.15, 0.2) is 53.6 Å². The molecule has 142 valence electrons. The smallest absolute Gasteiger partial charge is 0.265 e. The van der Waals surface area contributed by atoms with Gasteiger partial charge in [0.05, 0.1) is 24.8 Å². The van der Waals surface area contributed by atoms with Crippen LogP contribution in [0.1, 0.15) is 17.3 Å². The highest BCUT2D eigenvalue weighted by atomic mass is 16.5. The summed E-state index contributed by atoms with van der Waals surface area (Å²) in [4.78, 5) is 28.9. The number of pyridine rings is 1. The third-order valence-electron chi connectivity index (χ3n) is 4.58. The Morgan fingerprint density at radius 2 is 2.07 bits per heavy atom. The monoisotopic (exact) mass is 378 g/mol. The lowest BCUT2D eigenvalue weighted by molar-refractivity contribution is 0.0941. The Hall–Kier alpha value is -3.65. The van der Waals surface area contributed by atoms with Gasteiger partial charge in [0.2, 0.25) is 5.91 Å². The first-order chi connectivity index (χ1) is 13.5. The fourth-order valence-electron chi connectivity index (χ4n) is 3.21. The maximum Gasteiger partial charge on any atom is 0.265 e. The molecule has 0 fully saturated rings. The van der Waals surface area contributed by atoms with Gasteiger partial charge in [0.15, 0.2) is 11.4 Å². The molecule has 3 aromatic heterocycles. The SMILES string of the molecule is COc1cccn2c(=O)c(CO)c(Nc3ccc4c(ccn4C(C)=O)c3)nc12. The van der Waals surface area contributed by atoms with E-state index in [9.17, 15) is 14.7 Å². The Labute approximate surface area is 159 Å². The lowest BCUT2D eigenvalue weighted by atomic mass is 10.2. The number of rotatable bonds is 4. The molecule has 4 aromatic rings. The van der Waals surface area contributed by atoms with Crippen LogP contribution in [0.3, 0.4) is 0 Å². The first-order valence-electron chi connectivity index (χ1n) is 8.61. The predicted molar refractivity (Wildman–Crippen MR) is 105 cm³/mol. The van der Waals surface area contributed by atoms with Crippen molar-refractivity contribution in [3.8, 4) is 5.75 Å². The average molecular weight is 378 g/mol. The van der Waals surface area contributed by atoms with Gasteiger partial charge in [0.25, 0.3) is 5.56 Å². The maximum atomic E-state index is 12.8. The quantitative estimate of drug-likeness (QED) is 0.566. The van der Waals surface area contributed by atoms with E-state index in [2.05, 4.69) is 10.3 Å². The molecular formula is C20H18N4O4. The summed E-state index contributed by atoms with van der Waals surface area (Å²) in [6.45, 7) is 1.04. The lowest BCUT2D eigenvalue weighted by Crippen LogP contribution is -2.22. The van der Waals surface area contributed by atoms with Gasteiger partial charge in [0, 0.05) is 30.4 Å². The summed E-state index contributed by atoms with van der Waals surface area (Å²) >= 11 is 0. The van der Waals surface area contributed by atoms with Gasteiger partial charge in [-0.15, -0.1) is 0 Å². The number of benzene rings is 1. The van der Waals surface area contributed by atoms with Crippen molar-refractivity contribution in [3.05, 3.63) is 64.7 Å². The zero-order valence-electron chi connectivity index (χ0n) is 15.3. The summed E-state index contributed by atoms with van der Waals surface area (Å²) in [7, 11) is 1.50. The molecule has 0 aliphatic heterocycles. The van der Waals surface area contributed by atoms with Gasteiger partial charge < -0.3 is 15.2 Å². The molecule has 0 bridgehead atoms. The number of methoxy groups -OCH3 is 1. The Morgan fingerprint density at radius 1 is 1.25 bits per heavy atom. The van der Waals surface area contributed by atoms with E-state index in [0.717, 1.165) is 10.9 Å². The second-order valence-electron chi connectivity index (χ2n) is 6.28. The number of carbonyl (C=O) groups is 1. The van der Waals surface area contributed by atoms with E-state index in [-0.39, 0.29) is 22.8 Å². The van der Waals surface area contributed by atoms with Crippen molar-refractivity contribution in [2.45, 2.75) is 13.5 Å². The standard InChI is InChI=1S/C20H18N4O4/c1-12(26)23-9-7-13-10-14(5-6-16(13)23)21-18-15(11-25)20(27)24-8-3-4-17(28-2)19(24)22-18/h3-10,21,25H,11H2,1-2H3. The largest absolute Gasteiger partial charge is 0.493 e. The Kier molecular flexibility index (Phi) is 4.32. The molecule has 0 saturated carbocycles. The van der Waals surface area contributed by atoms with Crippen LogP contribution in [0.2, 0.25) is 0 Å². The number of carbonyl (C=O) groups excluding carboxylic acids is 1. The molecule has 0 saturated heterocycles. The zero-order valence-corrected chi connectivity index (χ0v) is 15.3. The Balaban J connectivity index is 1.84. The van der Waals surface area contributed by atoms with Gasteiger partial charge >= 0.3 is 0 Å². The van der Waals surface area contributed by atoms with E-state index in [1.54, 1.807) is 35.2 Å². The first kappa shape index (κ1) is 17.7. The molecule has 4 rings (SSSR count). The van der Waals surface area contributed by atoms with Crippen molar-refractivity contribution in [1.82, 2.24) is 14.0 Å². The molecule has 1 aromatic carbocycles. The molecule has 2 N–H and O–H groups in total. The Morgan fingerprint density at radius 3 is 2.79 bits per heavy atom. The summed E-state index contributed by atoms with van der Waals surface area (Å²) in [5.74, 6) is 0.623. The predicted octanol–water partition coefficient (Wildman–Crippen LogP) is 2.55. The fraction of sp³-hybridized carbons (Fsp3) is 0.150. The van der Waals surface area contributed by atoms with Crippen LogP contribution in [0.25, 0.3) is 16.6 Å². The van der Waals surface area contributed by atoms with E-state index < -0.39 is 6.61 Å². The van der Waals surface area contributed by atoms with Crippen molar-refractivity contribution in [1.29, 1.82) is 0 Å². The third kappa shape index (κ3) is 2.80. The van der Waals surface area contributed by atoms with Gasteiger partial charge in [-0.2, -0.15) is 0 Å². The highest BCUT2D eigenvalue weighted by Gasteiger charge is 2.15. The van der Waals surface area contributed by atoms with Gasteiger partial charge in [-0.25, -0.2) is 4.98 Å². The summed E-state index contributed by atoms with van der Waals surface area (Å²) in [6, 6.07) is 10.7. The Bertz CT molecular complexity index is 1270. The molecule has 8 nitrogen and oxygen atoms in total. The van der Waals surface area contributed by atoms with E-state index >= 15 is 0 Å². The number of ether oxygens (including phenoxy) is 1. The number of hydrogen-bond donors (Lipinski definition) is 2. The van der Waals surface area contributed by atoms with Crippen LogP contribution in [-0.2, 0) is 6.61 Å². The van der Waals surface area contributed by atoms with E-state index in [4.69, 9.17) is 4.74 Å². The molecule has 0 aliphatic carbocycles. The number of nitrogens with one attached hydrogen (secondary N) is 1. The van der Waals surface area contributed by atoms with E-state index in [1.165, 1.54) is 18.4 Å².